The van der Waals surface area contributed by atoms with Crippen LogP contribution in [0.1, 0.15) is 67.7 Å². The lowest BCUT2D eigenvalue weighted by Crippen LogP contribution is -2.47. The van der Waals surface area contributed by atoms with Crippen molar-refractivity contribution >= 4 is 23.3 Å². The zero-order valence-corrected chi connectivity index (χ0v) is 17.5. The minimum absolute atomic E-state index is 0.0144. The number of carbonyl (C=O) groups excluding carboxylic acids is 1. The Morgan fingerprint density at radius 2 is 1.80 bits per heavy atom. The molecule has 1 amide bonds. The van der Waals surface area contributed by atoms with Gasteiger partial charge in [0.1, 0.15) is 10.8 Å². The largest absolute Gasteiger partial charge is 0.410 e. The van der Waals surface area contributed by atoms with Gasteiger partial charge in [0.15, 0.2) is 11.7 Å². The van der Waals surface area contributed by atoms with Crippen molar-refractivity contribution in [3.8, 4) is 0 Å². The molecule has 1 fully saturated rings. The lowest BCUT2D eigenvalue weighted by atomic mass is 9.97. The number of alkyl halides is 3. The molecular formula is C21H24ClF3N4O. The molecule has 0 bridgehead atoms. The van der Waals surface area contributed by atoms with Crippen molar-refractivity contribution in [2.45, 2.75) is 69.9 Å². The van der Waals surface area contributed by atoms with Crippen LogP contribution in [0.15, 0.2) is 30.3 Å². The Hall–Kier alpha value is -2.22. The number of halogens is 4. The molecule has 4 atom stereocenters. The van der Waals surface area contributed by atoms with Gasteiger partial charge in [-0.15, -0.1) is 0 Å². The summed E-state index contributed by atoms with van der Waals surface area (Å²) >= 11 is 6.46. The topological polar surface area (TPSA) is 50.2 Å². The first kappa shape index (κ1) is 21.0. The molecule has 0 spiro atoms. The highest BCUT2D eigenvalue weighted by molar-refractivity contribution is 6.36. The van der Waals surface area contributed by atoms with Gasteiger partial charge in [0.2, 0.25) is 0 Å². The van der Waals surface area contributed by atoms with Gasteiger partial charge in [-0.05, 0) is 38.7 Å². The van der Waals surface area contributed by atoms with Crippen LogP contribution < -0.4 is 5.32 Å². The average molecular weight is 441 g/mol. The smallest absolute Gasteiger partial charge is 0.362 e. The second-order valence-corrected chi connectivity index (χ2v) is 8.58. The number of nitrogens with zero attached hydrogens (tertiary/aromatic N) is 3. The van der Waals surface area contributed by atoms with Crippen molar-refractivity contribution < 1.29 is 18.0 Å². The number of piperidine rings is 1. The number of hydrogen-bond acceptors (Lipinski definition) is 3. The summed E-state index contributed by atoms with van der Waals surface area (Å²) in [5.41, 5.74) is 0.601. The van der Waals surface area contributed by atoms with Crippen molar-refractivity contribution in [1.29, 1.82) is 0 Å². The predicted molar refractivity (Wildman–Crippen MR) is 109 cm³/mol. The van der Waals surface area contributed by atoms with Crippen LogP contribution in [-0.4, -0.2) is 38.8 Å². The maximum absolute atomic E-state index is 13.9. The van der Waals surface area contributed by atoms with E-state index in [0.29, 0.717) is 0 Å². The molecule has 1 saturated heterocycles. The molecule has 0 saturated carbocycles. The number of fused-ring (bicyclic) bond motifs is 1. The zero-order valence-electron chi connectivity index (χ0n) is 16.8. The SMILES string of the molecule is C[C@@H]1CCC[C@H](C)N1C(=O)c1nn2c(c1Cl)N[C@@H](c1ccccc1)C[C@@H]2C(F)(F)F. The number of amides is 1. The van der Waals surface area contributed by atoms with Crippen LogP contribution in [0.5, 0.6) is 0 Å². The highest BCUT2D eigenvalue weighted by Crippen LogP contribution is 2.46. The third-order valence-electron chi connectivity index (χ3n) is 6.13. The third-order valence-corrected chi connectivity index (χ3v) is 6.49. The van der Waals surface area contributed by atoms with Crippen molar-refractivity contribution in [2.24, 2.45) is 0 Å². The summed E-state index contributed by atoms with van der Waals surface area (Å²) in [5.74, 6) is -0.375. The zero-order chi connectivity index (χ0) is 21.6. The van der Waals surface area contributed by atoms with Crippen LogP contribution in [0, 0.1) is 0 Å². The standard InChI is InChI=1S/C21H24ClF3N4O/c1-12-7-6-8-13(2)28(12)20(30)18-17(22)19-26-15(14-9-4-3-5-10-14)11-16(21(23,24)25)29(19)27-18/h3-5,9-10,12-13,15-16,26H,6-8,11H2,1-2H3/t12-,13+,15-,16-/m1/s1. The normalized spacial score (nSPS) is 26.8. The quantitative estimate of drug-likeness (QED) is 0.661. The fraction of sp³-hybridized carbons (Fsp3) is 0.524. The van der Waals surface area contributed by atoms with Gasteiger partial charge in [0.25, 0.3) is 5.91 Å². The van der Waals surface area contributed by atoms with Crippen molar-refractivity contribution in [3.05, 3.63) is 46.6 Å². The van der Waals surface area contributed by atoms with Crippen molar-refractivity contribution in [3.63, 3.8) is 0 Å². The number of anilines is 1. The number of hydrogen-bond donors (Lipinski definition) is 1. The Labute approximate surface area is 178 Å². The minimum atomic E-state index is -4.52. The van der Waals surface area contributed by atoms with E-state index in [9.17, 15) is 18.0 Å². The maximum atomic E-state index is 13.9. The lowest BCUT2D eigenvalue weighted by molar-refractivity contribution is -0.173. The van der Waals surface area contributed by atoms with Gasteiger partial charge in [0.05, 0.1) is 6.04 Å². The van der Waals surface area contributed by atoms with Crippen LogP contribution in [0.2, 0.25) is 5.02 Å². The molecule has 162 valence electrons. The first-order valence-corrected chi connectivity index (χ1v) is 10.5. The van der Waals surface area contributed by atoms with Gasteiger partial charge in [-0.2, -0.15) is 18.3 Å². The van der Waals surface area contributed by atoms with Crippen molar-refractivity contribution in [2.75, 3.05) is 5.32 Å². The monoisotopic (exact) mass is 440 g/mol. The second kappa shape index (κ2) is 7.80. The summed E-state index contributed by atoms with van der Waals surface area (Å²) in [5, 5.41) is 7.11. The average Bonchev–Trinajstić information content (AvgIpc) is 3.03. The second-order valence-electron chi connectivity index (χ2n) is 8.20. The lowest BCUT2D eigenvalue weighted by Gasteiger charge is -2.38. The Balaban J connectivity index is 1.74. The summed E-state index contributed by atoms with van der Waals surface area (Å²) in [6, 6.07) is 6.43. The van der Waals surface area contributed by atoms with E-state index in [1.54, 1.807) is 29.2 Å². The molecular weight excluding hydrogens is 417 g/mol. The summed E-state index contributed by atoms with van der Waals surface area (Å²) in [6.07, 6.45) is -2.05. The minimum Gasteiger partial charge on any atom is -0.362 e. The fourth-order valence-corrected chi connectivity index (χ4v) is 4.83. The Morgan fingerprint density at radius 1 is 1.17 bits per heavy atom. The fourth-order valence-electron chi connectivity index (χ4n) is 4.57. The van der Waals surface area contributed by atoms with E-state index in [2.05, 4.69) is 10.4 Å². The van der Waals surface area contributed by atoms with Gasteiger partial charge in [-0.3, -0.25) is 4.79 Å². The van der Waals surface area contributed by atoms with E-state index in [1.807, 2.05) is 19.9 Å². The Morgan fingerprint density at radius 3 is 2.40 bits per heavy atom. The summed E-state index contributed by atoms with van der Waals surface area (Å²) in [7, 11) is 0. The van der Waals surface area contributed by atoms with Crippen molar-refractivity contribution in [1.82, 2.24) is 14.7 Å². The number of benzene rings is 1. The van der Waals surface area contributed by atoms with Gasteiger partial charge >= 0.3 is 6.18 Å². The number of likely N-dealkylation sites (tertiary alicyclic amines) is 1. The molecule has 1 N–H and O–H groups in total. The molecule has 0 unspecified atom stereocenters. The molecule has 4 rings (SSSR count). The van der Waals surface area contributed by atoms with E-state index < -0.39 is 24.2 Å². The summed E-state index contributed by atoms with van der Waals surface area (Å²) in [6.45, 7) is 3.89. The highest BCUT2D eigenvalue weighted by Gasteiger charge is 2.48. The molecule has 1 aromatic carbocycles. The highest BCUT2D eigenvalue weighted by atomic mass is 35.5. The van der Waals surface area contributed by atoms with Crippen LogP contribution in [-0.2, 0) is 0 Å². The van der Waals surface area contributed by atoms with Crippen LogP contribution in [0.3, 0.4) is 0 Å². The third kappa shape index (κ3) is 3.66. The van der Waals surface area contributed by atoms with Gasteiger partial charge in [0, 0.05) is 18.5 Å². The van der Waals surface area contributed by atoms with Crippen LogP contribution in [0.4, 0.5) is 19.0 Å². The van der Waals surface area contributed by atoms with Gasteiger partial charge < -0.3 is 10.2 Å². The molecule has 0 radical (unpaired) electrons. The molecule has 5 nitrogen and oxygen atoms in total. The molecule has 2 aromatic rings. The summed E-state index contributed by atoms with van der Waals surface area (Å²) in [4.78, 5) is 14.9. The Kier molecular flexibility index (Phi) is 5.46. The van der Waals surface area contributed by atoms with Gasteiger partial charge in [-0.1, -0.05) is 41.9 Å². The number of rotatable bonds is 2. The van der Waals surface area contributed by atoms with E-state index in [-0.39, 0.29) is 35.0 Å². The predicted octanol–water partition coefficient (Wildman–Crippen LogP) is 5.60. The van der Waals surface area contributed by atoms with E-state index >= 15 is 0 Å². The van der Waals surface area contributed by atoms with Gasteiger partial charge in [-0.25, -0.2) is 4.68 Å². The van der Waals surface area contributed by atoms with E-state index in [4.69, 9.17) is 11.6 Å². The van der Waals surface area contributed by atoms with Crippen LogP contribution in [0.25, 0.3) is 0 Å². The molecule has 2 aliphatic rings. The van der Waals surface area contributed by atoms with E-state index in [0.717, 1.165) is 29.5 Å². The maximum Gasteiger partial charge on any atom is 0.410 e. The molecule has 0 aliphatic carbocycles. The van der Waals surface area contributed by atoms with Crippen LogP contribution >= 0.6 is 11.6 Å². The molecule has 2 aliphatic heterocycles. The van der Waals surface area contributed by atoms with E-state index in [1.165, 1.54) is 0 Å². The molecule has 30 heavy (non-hydrogen) atoms. The first-order valence-electron chi connectivity index (χ1n) is 10.2. The molecule has 1 aromatic heterocycles. The Bertz CT molecular complexity index is 920. The number of nitrogens with one attached hydrogen (secondary N) is 1. The summed E-state index contributed by atoms with van der Waals surface area (Å²) < 4.78 is 42.6. The number of aromatic nitrogens is 2. The molecule has 9 heteroatoms. The number of carbonyl (C=O) groups is 1. The first-order chi connectivity index (χ1) is 14.2. The molecule has 3 heterocycles.